The molecule has 0 aliphatic carbocycles. The van der Waals surface area contributed by atoms with E-state index >= 15 is 0 Å². The minimum atomic E-state index is -1.74. The van der Waals surface area contributed by atoms with Crippen molar-refractivity contribution >= 4 is 86.6 Å². The predicted octanol–water partition coefficient (Wildman–Crippen LogP) is -2.69. The van der Waals surface area contributed by atoms with E-state index in [1.165, 1.54) is 41.5 Å². The Kier molecular flexibility index (Phi) is 34.3. The van der Waals surface area contributed by atoms with Crippen LogP contribution in [0.3, 0.4) is 0 Å². The number of aliphatic carboxylic acids is 1. The van der Waals surface area contributed by atoms with Gasteiger partial charge in [-0.25, -0.2) is 4.79 Å². The third-order valence-corrected chi connectivity index (χ3v) is 16.5. The van der Waals surface area contributed by atoms with Crippen molar-refractivity contribution < 1.29 is 63.0 Å². The Morgan fingerprint density at radius 1 is 0.547 bits per heavy atom. The molecule has 0 spiro atoms. The Morgan fingerprint density at radius 3 is 1.51 bits per heavy atom. The van der Waals surface area contributed by atoms with Gasteiger partial charge in [-0.2, -0.15) is 0 Å². The van der Waals surface area contributed by atoms with Crippen LogP contribution in [0.1, 0.15) is 137 Å². The van der Waals surface area contributed by atoms with Crippen LogP contribution in [0.15, 0.2) is 24.3 Å². The Bertz CT molecular complexity index is 2400. The fraction of sp³-hybridized carbons (Fsp3) is 0.696. The minimum absolute atomic E-state index is 0.0513. The highest BCUT2D eigenvalue weighted by molar-refractivity contribution is 8.76. The highest BCUT2D eigenvalue weighted by Crippen LogP contribution is 2.24. The lowest BCUT2D eigenvalue weighted by molar-refractivity contribution is -0.141. The highest BCUT2D eigenvalue weighted by atomic mass is 33.1. The van der Waals surface area contributed by atoms with E-state index in [0.717, 1.165) is 65.7 Å². The first-order valence-corrected chi connectivity index (χ1v) is 31.9. The summed E-state index contributed by atoms with van der Waals surface area (Å²) in [5.74, 6) is -11.5. The summed E-state index contributed by atoms with van der Waals surface area (Å²) < 4.78 is 0. The Balaban J connectivity index is 2.65. The van der Waals surface area contributed by atoms with E-state index in [0.29, 0.717) is 24.8 Å². The van der Waals surface area contributed by atoms with Crippen molar-refractivity contribution in [3.8, 4) is 0 Å². The molecule has 1 aromatic rings. The highest BCUT2D eigenvalue weighted by Gasteiger charge is 2.39. The van der Waals surface area contributed by atoms with E-state index in [4.69, 9.17) is 28.7 Å². The number of benzene rings is 1. The summed E-state index contributed by atoms with van der Waals surface area (Å²) in [6.45, 7) is 14.0. The first-order valence-electron chi connectivity index (χ1n) is 29.5. The zero-order valence-electron chi connectivity index (χ0n) is 51.0. The lowest BCUT2D eigenvalue weighted by Gasteiger charge is -2.30. The monoisotopic (exact) mass is 1250 g/mol. The van der Waals surface area contributed by atoms with Crippen molar-refractivity contribution in [1.82, 2.24) is 53.2 Å². The van der Waals surface area contributed by atoms with Gasteiger partial charge in [0.25, 0.3) is 0 Å². The molecule has 1 saturated heterocycles. The van der Waals surface area contributed by atoms with Gasteiger partial charge in [0.05, 0.1) is 6.10 Å². The van der Waals surface area contributed by atoms with Crippen molar-refractivity contribution in [2.24, 2.45) is 28.7 Å². The smallest absolute Gasteiger partial charge is 0.327 e. The number of hydrogen-bond donors (Lipinski definition) is 17. The molecule has 86 heavy (non-hydrogen) atoms. The van der Waals surface area contributed by atoms with Gasteiger partial charge in [0.15, 0.2) is 0 Å². The van der Waals surface area contributed by atoms with Crippen molar-refractivity contribution in [3.63, 3.8) is 0 Å². The largest absolute Gasteiger partial charge is 0.480 e. The van der Waals surface area contributed by atoms with Gasteiger partial charge in [-0.15, -0.1) is 0 Å². The van der Waals surface area contributed by atoms with E-state index in [1.54, 1.807) is 24.3 Å². The Labute approximate surface area is 512 Å². The van der Waals surface area contributed by atoms with Crippen LogP contribution in [0.25, 0.3) is 0 Å². The number of aliphatic hydroxyl groups is 1. The molecule has 16 atom stereocenters. The molecule has 0 aromatic heterocycles. The van der Waals surface area contributed by atoms with Gasteiger partial charge in [0.1, 0.15) is 60.4 Å². The molecule has 10 amide bonds. The van der Waals surface area contributed by atoms with Gasteiger partial charge in [0.2, 0.25) is 59.1 Å². The van der Waals surface area contributed by atoms with E-state index < -0.39 is 173 Å². The summed E-state index contributed by atoms with van der Waals surface area (Å²) in [5.41, 5.74) is 32.6. The summed E-state index contributed by atoms with van der Waals surface area (Å²) in [6, 6.07) is -14.1. The second kappa shape index (κ2) is 38.9. The minimum Gasteiger partial charge on any atom is -0.480 e. The van der Waals surface area contributed by atoms with E-state index in [2.05, 4.69) is 60.1 Å². The van der Waals surface area contributed by atoms with Crippen molar-refractivity contribution in [3.05, 3.63) is 35.4 Å². The summed E-state index contributed by atoms with van der Waals surface area (Å²) in [6.07, 6.45) is 6.12. The molecular formula is C56H97N15O13S2. The first kappa shape index (κ1) is 75.9. The molecule has 6 unspecified atom stereocenters. The van der Waals surface area contributed by atoms with Crippen LogP contribution in [-0.4, -0.2) is 183 Å². The van der Waals surface area contributed by atoms with Gasteiger partial charge < -0.3 is 92.0 Å². The van der Waals surface area contributed by atoms with E-state index in [-0.39, 0.29) is 19.3 Å². The summed E-state index contributed by atoms with van der Waals surface area (Å²) in [4.78, 5) is 153. The first-order chi connectivity index (χ1) is 40.4. The summed E-state index contributed by atoms with van der Waals surface area (Å²) in [7, 11) is 1.66. The molecule has 0 saturated carbocycles. The molecule has 2 rings (SSSR count). The zero-order chi connectivity index (χ0) is 65.0. The van der Waals surface area contributed by atoms with Crippen LogP contribution in [-0.2, 0) is 59.2 Å². The van der Waals surface area contributed by atoms with Gasteiger partial charge >= 0.3 is 5.97 Å². The summed E-state index contributed by atoms with van der Waals surface area (Å²) >= 11 is 0. The maximum Gasteiger partial charge on any atom is 0.327 e. The number of aryl methyl sites for hydroxylation is 1. The average molecular weight is 1250 g/mol. The SMILES string of the molecule is CCCCCCCCCC(=O)N[C@H](C(=O)N[C@H](C(=O)N[C@H](C(=O)N[C@H]1CSSC[C@H](C(=O)O)NC(=O)[C@H](C(C)N)NC(=O)[C@H](C(C)N)NC(=O)[C@H](CCCC)NC(=O)[C@@H](Cc2ccc(C)cc2)NC(=O)[C@H](C(C)N)NC1=O)C(C)N)C(C)O)C(C)N. The van der Waals surface area contributed by atoms with Gasteiger partial charge in [0, 0.05) is 54.6 Å². The third-order valence-electron chi connectivity index (χ3n) is 14.1. The van der Waals surface area contributed by atoms with Crippen molar-refractivity contribution in [2.45, 2.75) is 236 Å². The predicted molar refractivity (Wildman–Crippen MR) is 329 cm³/mol. The van der Waals surface area contributed by atoms with Crippen LogP contribution >= 0.6 is 21.6 Å². The number of nitrogens with two attached hydrogens (primary N) is 5. The number of carbonyl (C=O) groups is 11. The average Bonchev–Trinajstić information content (AvgIpc) is 3.52. The molecular weight excluding hydrogens is 1150 g/mol. The van der Waals surface area contributed by atoms with Crippen LogP contribution in [0, 0.1) is 6.92 Å². The molecule has 1 aliphatic rings. The Hall–Kier alpha value is -6.15. The number of rotatable bonds is 27. The van der Waals surface area contributed by atoms with Gasteiger partial charge in [-0.3, -0.25) is 47.9 Å². The standard InChI is InChI=1S/C56H97N15O13S2/c1-10-12-14-15-16-17-18-20-40(73)66-41(29(4)57)53(80)71-46(34(9)72)55(82)70-43(31(6)59)51(78)64-38-26-85-86-27-39(56(83)84)65-52(79)44(32(7)60)69-54(81)45(33(8)61)67-47(74)36(19-13-11-2)62-48(75)37(25-35-23-21-28(3)22-24-35)63-50(77)42(30(5)58)68-49(38)76/h21-24,29-34,36-39,41-46,72H,10-20,25-27,57-61H2,1-9H3,(H,62,75)(H,63,77)(H,64,78)(H,65,79)(H,66,73)(H,67,74)(H,68,76)(H,69,81)(H,70,82)(H,71,80)(H,83,84)/t29?,30?,31?,32?,33?,34?,36-,37+,38-,39+,41-,42-,43-,44-,45-,46-/m0/s1. The fourth-order valence-electron chi connectivity index (χ4n) is 8.80. The number of carboxylic acids is 1. The quantitative estimate of drug-likeness (QED) is 0.0315. The molecule has 0 radical (unpaired) electrons. The fourth-order valence-corrected chi connectivity index (χ4v) is 11.1. The number of carboxylic acid groups (broad SMARTS) is 1. The van der Waals surface area contributed by atoms with Crippen LogP contribution in [0.5, 0.6) is 0 Å². The zero-order valence-corrected chi connectivity index (χ0v) is 52.7. The Morgan fingerprint density at radius 2 is 0.988 bits per heavy atom. The molecule has 22 N–H and O–H groups in total. The number of nitrogens with one attached hydrogen (secondary N) is 10. The molecule has 486 valence electrons. The van der Waals surface area contributed by atoms with E-state index in [9.17, 15) is 63.0 Å². The lowest BCUT2D eigenvalue weighted by Crippen LogP contribution is -2.65. The second-order valence-electron chi connectivity index (χ2n) is 22.4. The van der Waals surface area contributed by atoms with E-state index in [1.807, 2.05) is 13.8 Å². The van der Waals surface area contributed by atoms with Crippen molar-refractivity contribution in [2.75, 3.05) is 11.5 Å². The second-order valence-corrected chi connectivity index (χ2v) is 24.9. The third kappa shape index (κ3) is 26.4. The normalized spacial score (nSPS) is 23.9. The van der Waals surface area contributed by atoms with Gasteiger partial charge in [-0.05, 0) is 66.9 Å². The number of amides is 10. The lowest BCUT2D eigenvalue weighted by atomic mass is 10.0. The molecule has 28 nitrogen and oxygen atoms in total. The summed E-state index contributed by atoms with van der Waals surface area (Å²) in [5, 5.41) is 46.2. The molecule has 1 aliphatic heterocycles. The number of hydrogen-bond acceptors (Lipinski definition) is 19. The van der Waals surface area contributed by atoms with Crippen molar-refractivity contribution in [1.29, 1.82) is 0 Å². The maximum atomic E-state index is 14.6. The molecule has 0 bridgehead atoms. The number of carbonyl (C=O) groups excluding carboxylic acids is 10. The molecule has 30 heteroatoms. The van der Waals surface area contributed by atoms with Crippen LogP contribution < -0.4 is 81.8 Å². The maximum absolute atomic E-state index is 14.6. The molecule has 1 fully saturated rings. The van der Waals surface area contributed by atoms with Gasteiger partial charge in [-0.1, -0.05) is 117 Å². The van der Waals surface area contributed by atoms with Crippen LogP contribution in [0.4, 0.5) is 0 Å². The molecule has 1 heterocycles. The number of aliphatic hydroxyl groups excluding tert-OH is 1. The topological polar surface area (TPSA) is 479 Å². The van der Waals surface area contributed by atoms with Crippen LogP contribution in [0.2, 0.25) is 0 Å². The number of unbranched alkanes of at least 4 members (excludes halogenated alkanes) is 7. The molecule has 1 aromatic carbocycles.